The Balaban J connectivity index is 1.59. The van der Waals surface area contributed by atoms with Gasteiger partial charge in [-0.05, 0) is 30.5 Å². The lowest BCUT2D eigenvalue weighted by Crippen LogP contribution is -2.36. The van der Waals surface area contributed by atoms with Crippen LogP contribution < -0.4 is 10.2 Å². The van der Waals surface area contributed by atoms with Crippen LogP contribution in [0.3, 0.4) is 0 Å². The molecular weight excluding hydrogens is 478 g/mol. The van der Waals surface area contributed by atoms with E-state index < -0.39 is 0 Å². The summed E-state index contributed by atoms with van der Waals surface area (Å²) in [6.45, 7) is 4.71. The number of carbonyl (C=O) groups excluding carboxylic acids is 3. The van der Waals surface area contributed by atoms with Crippen LogP contribution in [0.5, 0.6) is 0 Å². The van der Waals surface area contributed by atoms with Crippen molar-refractivity contribution in [2.45, 2.75) is 39.5 Å². The fourth-order valence-electron chi connectivity index (χ4n) is 4.40. The summed E-state index contributed by atoms with van der Waals surface area (Å²) >= 11 is 6.75. The van der Waals surface area contributed by atoms with Gasteiger partial charge in [0, 0.05) is 17.8 Å². The maximum absolute atomic E-state index is 13.6. The fraction of sp³-hybridized carbons (Fsp3) is 0.333. The zero-order valence-corrected chi connectivity index (χ0v) is 21.6. The van der Waals surface area contributed by atoms with Crippen molar-refractivity contribution in [2.75, 3.05) is 23.3 Å². The minimum Gasteiger partial charge on any atom is -0.325 e. The van der Waals surface area contributed by atoms with E-state index in [-0.39, 0.29) is 24.3 Å². The third kappa shape index (κ3) is 5.33. The summed E-state index contributed by atoms with van der Waals surface area (Å²) in [6, 6.07) is 16.4. The lowest BCUT2D eigenvalue weighted by atomic mass is 9.98. The third-order valence-electron chi connectivity index (χ3n) is 6.34. The number of thiocarbonyl (C=S) groups is 1. The van der Waals surface area contributed by atoms with Crippen LogP contribution in [-0.2, 0) is 14.4 Å². The van der Waals surface area contributed by atoms with Gasteiger partial charge in [0.1, 0.15) is 10.9 Å². The zero-order valence-electron chi connectivity index (χ0n) is 20.0. The number of rotatable bonds is 9. The molecule has 35 heavy (non-hydrogen) atoms. The number of benzene rings is 2. The Hall–Kier alpha value is -2.97. The van der Waals surface area contributed by atoms with E-state index in [4.69, 9.17) is 12.2 Å². The molecule has 0 spiro atoms. The maximum Gasteiger partial charge on any atom is 0.267 e. The molecule has 1 N–H and O–H groups in total. The molecule has 2 aromatic carbocycles. The summed E-state index contributed by atoms with van der Waals surface area (Å²) < 4.78 is 0.484. The summed E-state index contributed by atoms with van der Waals surface area (Å²) in [5.74, 6) is -0.516. The first-order valence-electron chi connectivity index (χ1n) is 12.0. The molecule has 1 unspecified atom stereocenters. The van der Waals surface area contributed by atoms with E-state index >= 15 is 0 Å². The van der Waals surface area contributed by atoms with Gasteiger partial charge in [-0.3, -0.25) is 24.2 Å². The molecule has 182 valence electrons. The van der Waals surface area contributed by atoms with E-state index in [0.29, 0.717) is 44.2 Å². The number of fused-ring (bicyclic) bond motifs is 1. The van der Waals surface area contributed by atoms with E-state index in [1.54, 1.807) is 23.1 Å². The molecule has 2 aliphatic heterocycles. The average Bonchev–Trinajstić information content (AvgIpc) is 3.29. The molecule has 1 atom stereocenters. The predicted molar refractivity (Wildman–Crippen MR) is 146 cm³/mol. The van der Waals surface area contributed by atoms with Crippen molar-refractivity contribution in [2.24, 2.45) is 5.92 Å². The van der Waals surface area contributed by atoms with Crippen molar-refractivity contribution in [3.63, 3.8) is 0 Å². The molecule has 2 heterocycles. The fourth-order valence-corrected chi connectivity index (χ4v) is 5.75. The number of anilines is 2. The Morgan fingerprint density at radius 3 is 2.43 bits per heavy atom. The number of para-hydroxylation sites is 2. The smallest absolute Gasteiger partial charge is 0.267 e. The van der Waals surface area contributed by atoms with E-state index in [0.717, 1.165) is 25.7 Å². The van der Waals surface area contributed by atoms with Crippen molar-refractivity contribution in [3.8, 4) is 0 Å². The molecule has 8 heteroatoms. The van der Waals surface area contributed by atoms with Gasteiger partial charge in [-0.2, -0.15) is 0 Å². The number of nitrogens with zero attached hydrogens (tertiary/aromatic N) is 2. The summed E-state index contributed by atoms with van der Waals surface area (Å²) in [7, 11) is 0. The second-order valence-corrected chi connectivity index (χ2v) is 10.4. The van der Waals surface area contributed by atoms with Crippen molar-refractivity contribution in [1.82, 2.24) is 4.90 Å². The lowest BCUT2D eigenvalue weighted by Gasteiger charge is -2.21. The quantitative estimate of drug-likeness (QED) is 0.361. The first kappa shape index (κ1) is 25.1. The van der Waals surface area contributed by atoms with Crippen LogP contribution >= 0.6 is 24.0 Å². The van der Waals surface area contributed by atoms with Gasteiger partial charge in [-0.1, -0.05) is 93.5 Å². The molecule has 0 saturated carbocycles. The number of thioether (sulfide) groups is 1. The molecule has 6 nitrogen and oxygen atoms in total. The van der Waals surface area contributed by atoms with Crippen LogP contribution in [0.25, 0.3) is 5.57 Å². The van der Waals surface area contributed by atoms with Crippen molar-refractivity contribution in [1.29, 1.82) is 0 Å². The Kier molecular flexibility index (Phi) is 8.03. The normalized spacial score (nSPS) is 18.3. The Morgan fingerprint density at radius 1 is 1.00 bits per heavy atom. The standard InChI is InChI=1S/C27H29N3O3S2/c1-3-5-11-18(4-2)16-30-26(33)24(35-27(30)34)23-20-14-9-10-15-21(20)29(25(23)32)17-22(31)28-19-12-7-6-8-13-19/h6-10,12-15,18H,3-5,11,16-17H2,1-2H3,(H,28,31). The van der Waals surface area contributed by atoms with Gasteiger partial charge in [0.25, 0.3) is 11.8 Å². The van der Waals surface area contributed by atoms with E-state index in [1.165, 1.54) is 16.7 Å². The van der Waals surface area contributed by atoms with Gasteiger partial charge in [0.05, 0.1) is 16.2 Å². The molecular formula is C27H29N3O3S2. The van der Waals surface area contributed by atoms with Gasteiger partial charge in [-0.25, -0.2) is 0 Å². The molecule has 0 aliphatic carbocycles. The number of hydrogen-bond acceptors (Lipinski definition) is 5. The third-order valence-corrected chi connectivity index (χ3v) is 7.79. The summed E-state index contributed by atoms with van der Waals surface area (Å²) in [4.78, 5) is 43.2. The second kappa shape index (κ2) is 11.2. The summed E-state index contributed by atoms with van der Waals surface area (Å²) in [6.07, 6.45) is 4.23. The lowest BCUT2D eigenvalue weighted by molar-refractivity contribution is -0.123. The zero-order chi connectivity index (χ0) is 24.9. The van der Waals surface area contributed by atoms with Gasteiger partial charge in [0.15, 0.2) is 0 Å². The average molecular weight is 508 g/mol. The topological polar surface area (TPSA) is 69.7 Å². The molecule has 0 radical (unpaired) electrons. The SMILES string of the molecule is CCCCC(CC)CN1C(=O)C(=C2C(=O)N(CC(=O)Nc3ccccc3)c3ccccc32)SC1=S. The molecule has 1 saturated heterocycles. The maximum atomic E-state index is 13.6. The largest absolute Gasteiger partial charge is 0.325 e. The van der Waals surface area contributed by atoms with Gasteiger partial charge >= 0.3 is 0 Å². The molecule has 0 aromatic heterocycles. The van der Waals surface area contributed by atoms with Crippen LogP contribution in [0.2, 0.25) is 0 Å². The van der Waals surface area contributed by atoms with E-state index in [2.05, 4.69) is 19.2 Å². The van der Waals surface area contributed by atoms with Gasteiger partial charge in [-0.15, -0.1) is 0 Å². The van der Waals surface area contributed by atoms with Crippen molar-refractivity contribution >= 4 is 63.0 Å². The number of hydrogen-bond donors (Lipinski definition) is 1. The summed E-state index contributed by atoms with van der Waals surface area (Å²) in [5, 5.41) is 2.82. The monoisotopic (exact) mass is 507 g/mol. The van der Waals surface area contributed by atoms with E-state index in [9.17, 15) is 14.4 Å². The number of unbranched alkanes of at least 4 members (excludes halogenated alkanes) is 1. The minimum atomic E-state index is -0.354. The highest BCUT2D eigenvalue weighted by atomic mass is 32.2. The summed E-state index contributed by atoms with van der Waals surface area (Å²) in [5.41, 5.74) is 2.26. The molecule has 3 amide bonds. The highest BCUT2D eigenvalue weighted by molar-refractivity contribution is 8.26. The molecule has 0 bridgehead atoms. The number of amides is 3. The minimum absolute atomic E-state index is 0.149. The molecule has 4 rings (SSSR count). The Morgan fingerprint density at radius 2 is 1.71 bits per heavy atom. The van der Waals surface area contributed by atoms with Crippen LogP contribution in [-0.4, -0.2) is 40.0 Å². The van der Waals surface area contributed by atoms with Crippen LogP contribution in [0.1, 0.15) is 45.1 Å². The van der Waals surface area contributed by atoms with Crippen molar-refractivity contribution < 1.29 is 14.4 Å². The van der Waals surface area contributed by atoms with Gasteiger partial charge < -0.3 is 5.32 Å². The van der Waals surface area contributed by atoms with Crippen LogP contribution in [0, 0.1) is 5.92 Å². The highest BCUT2D eigenvalue weighted by Gasteiger charge is 2.42. The highest BCUT2D eigenvalue weighted by Crippen LogP contribution is 2.44. The van der Waals surface area contributed by atoms with Crippen LogP contribution in [0.4, 0.5) is 11.4 Å². The van der Waals surface area contributed by atoms with Crippen molar-refractivity contribution in [3.05, 3.63) is 65.1 Å². The second-order valence-electron chi connectivity index (χ2n) is 8.73. The Bertz CT molecular complexity index is 1180. The molecule has 2 aromatic rings. The predicted octanol–water partition coefficient (Wildman–Crippen LogP) is 5.46. The first-order valence-corrected chi connectivity index (χ1v) is 13.2. The van der Waals surface area contributed by atoms with Crippen LogP contribution in [0.15, 0.2) is 59.5 Å². The number of carbonyl (C=O) groups is 3. The van der Waals surface area contributed by atoms with E-state index in [1.807, 2.05) is 36.4 Å². The first-order chi connectivity index (χ1) is 16.9. The Labute approximate surface area is 215 Å². The molecule has 1 fully saturated rings. The number of nitrogens with one attached hydrogen (secondary N) is 1. The van der Waals surface area contributed by atoms with Gasteiger partial charge in [0.2, 0.25) is 5.91 Å². The molecule has 2 aliphatic rings.